The second-order valence-corrected chi connectivity index (χ2v) is 7.57. The van der Waals surface area contributed by atoms with Crippen LogP contribution in [-0.2, 0) is 4.79 Å². The number of piperidine rings is 1. The Morgan fingerprint density at radius 2 is 2.17 bits per heavy atom. The third-order valence-electron chi connectivity index (χ3n) is 5.34. The maximum absolute atomic E-state index is 13.7. The highest BCUT2D eigenvalue weighted by atomic mass is 19.1. The Morgan fingerprint density at radius 1 is 1.39 bits per heavy atom. The normalized spacial score (nSPS) is 26.3. The smallest absolute Gasteiger partial charge is 0.222 e. The third-order valence-corrected chi connectivity index (χ3v) is 5.34. The molecule has 2 atom stereocenters. The van der Waals surface area contributed by atoms with E-state index in [1.54, 1.807) is 12.1 Å². The Kier molecular flexibility index (Phi) is 4.35. The molecule has 2 saturated heterocycles. The minimum atomic E-state index is -0.183. The summed E-state index contributed by atoms with van der Waals surface area (Å²) in [6.07, 6.45) is 3.57. The summed E-state index contributed by atoms with van der Waals surface area (Å²) in [5.74, 6) is 0.577. The van der Waals surface area contributed by atoms with Gasteiger partial charge in [-0.2, -0.15) is 0 Å². The molecule has 126 valence electrons. The van der Waals surface area contributed by atoms with Gasteiger partial charge in [0.1, 0.15) is 5.82 Å². The van der Waals surface area contributed by atoms with Crippen LogP contribution in [0, 0.1) is 11.7 Å². The molecule has 1 aromatic rings. The topological polar surface area (TPSA) is 23.6 Å². The molecule has 4 heteroatoms. The average Bonchev–Trinajstić information content (AvgIpc) is 2.76. The van der Waals surface area contributed by atoms with Crippen molar-refractivity contribution in [3.63, 3.8) is 0 Å². The van der Waals surface area contributed by atoms with E-state index < -0.39 is 0 Å². The van der Waals surface area contributed by atoms with Crippen molar-refractivity contribution in [3.05, 3.63) is 30.1 Å². The molecule has 3 rings (SSSR count). The van der Waals surface area contributed by atoms with Gasteiger partial charge in [0.15, 0.2) is 0 Å². The summed E-state index contributed by atoms with van der Waals surface area (Å²) < 4.78 is 13.7. The van der Waals surface area contributed by atoms with Gasteiger partial charge in [-0.3, -0.25) is 4.79 Å². The van der Waals surface area contributed by atoms with Gasteiger partial charge in [0.2, 0.25) is 5.91 Å². The Balaban J connectivity index is 1.81. The third kappa shape index (κ3) is 3.08. The highest BCUT2D eigenvalue weighted by Crippen LogP contribution is 2.44. The summed E-state index contributed by atoms with van der Waals surface area (Å²) >= 11 is 0. The highest BCUT2D eigenvalue weighted by molar-refractivity contribution is 5.76. The summed E-state index contributed by atoms with van der Waals surface area (Å²) in [6.45, 7) is 8.18. The first-order valence-corrected chi connectivity index (χ1v) is 8.75. The van der Waals surface area contributed by atoms with E-state index in [1.807, 2.05) is 11.0 Å². The number of carbonyl (C=O) groups excluding carboxylic acids is 1. The number of likely N-dealkylation sites (tertiary alicyclic amines) is 1. The van der Waals surface area contributed by atoms with Crippen molar-refractivity contribution < 1.29 is 9.18 Å². The Labute approximate surface area is 138 Å². The van der Waals surface area contributed by atoms with Crippen molar-refractivity contribution in [2.24, 2.45) is 5.92 Å². The molecule has 0 radical (unpaired) electrons. The Bertz CT molecular complexity index is 586. The van der Waals surface area contributed by atoms with Crippen LogP contribution in [0.2, 0.25) is 0 Å². The molecule has 1 amide bonds. The van der Waals surface area contributed by atoms with Crippen molar-refractivity contribution in [2.75, 3.05) is 18.0 Å². The number of fused-ring (bicyclic) bond motifs is 1. The molecular formula is C19H27FN2O. The molecule has 2 heterocycles. The lowest BCUT2D eigenvalue weighted by molar-refractivity contribution is -0.133. The summed E-state index contributed by atoms with van der Waals surface area (Å²) in [5.41, 5.74) is 0.961. The molecular weight excluding hydrogens is 291 g/mol. The summed E-state index contributed by atoms with van der Waals surface area (Å²) in [6, 6.07) is 7.32. The van der Waals surface area contributed by atoms with Crippen LogP contribution in [-0.4, -0.2) is 35.5 Å². The van der Waals surface area contributed by atoms with Crippen molar-refractivity contribution in [1.29, 1.82) is 0 Å². The lowest BCUT2D eigenvalue weighted by Gasteiger charge is -2.42. The first-order chi connectivity index (χ1) is 10.9. The van der Waals surface area contributed by atoms with Crippen LogP contribution >= 0.6 is 0 Å². The Hall–Kier alpha value is -1.58. The molecule has 0 bridgehead atoms. The van der Waals surface area contributed by atoms with Gasteiger partial charge < -0.3 is 9.80 Å². The standard InChI is InChI=1S/C19H27FN2O/c1-4-6-18(23)21-10-9-17-14(13-21)12-19(2,3)22(17)16-8-5-7-15(20)11-16/h5,7-8,11,14,17H,4,6,9-10,12-13H2,1-3H3/t14-,17+/m1/s1. The van der Waals surface area contributed by atoms with E-state index in [1.165, 1.54) is 6.07 Å². The second-order valence-electron chi connectivity index (χ2n) is 7.57. The first-order valence-electron chi connectivity index (χ1n) is 8.75. The van der Waals surface area contributed by atoms with Gasteiger partial charge in [-0.05, 0) is 57.2 Å². The van der Waals surface area contributed by atoms with E-state index in [0.29, 0.717) is 18.4 Å². The number of anilines is 1. The van der Waals surface area contributed by atoms with E-state index in [-0.39, 0.29) is 17.3 Å². The number of hydrogen-bond donors (Lipinski definition) is 0. The van der Waals surface area contributed by atoms with E-state index in [9.17, 15) is 9.18 Å². The van der Waals surface area contributed by atoms with E-state index >= 15 is 0 Å². The SMILES string of the molecule is CCCC(=O)N1CC[C@H]2[C@@H](C1)CC(C)(C)N2c1cccc(F)c1. The van der Waals surface area contributed by atoms with Crippen molar-refractivity contribution in [2.45, 2.75) is 58.0 Å². The predicted molar refractivity (Wildman–Crippen MR) is 91.0 cm³/mol. The molecule has 0 N–H and O–H groups in total. The van der Waals surface area contributed by atoms with Gasteiger partial charge in [0.05, 0.1) is 0 Å². The molecule has 3 nitrogen and oxygen atoms in total. The molecule has 0 saturated carbocycles. The maximum atomic E-state index is 13.7. The van der Waals surface area contributed by atoms with E-state index in [2.05, 4.69) is 25.7 Å². The number of hydrogen-bond acceptors (Lipinski definition) is 2. The molecule has 2 aliphatic heterocycles. The molecule has 2 aliphatic rings. The molecule has 23 heavy (non-hydrogen) atoms. The zero-order chi connectivity index (χ0) is 16.6. The zero-order valence-electron chi connectivity index (χ0n) is 14.4. The zero-order valence-corrected chi connectivity index (χ0v) is 14.4. The lowest BCUT2D eigenvalue weighted by atomic mass is 9.89. The average molecular weight is 318 g/mol. The second kappa shape index (κ2) is 6.14. The van der Waals surface area contributed by atoms with Crippen molar-refractivity contribution in [1.82, 2.24) is 4.90 Å². The molecule has 2 fully saturated rings. The molecule has 0 spiro atoms. The summed E-state index contributed by atoms with van der Waals surface area (Å²) in [4.78, 5) is 16.6. The predicted octanol–water partition coefficient (Wildman–Crippen LogP) is 3.83. The van der Waals surface area contributed by atoms with E-state index in [4.69, 9.17) is 0 Å². The van der Waals surface area contributed by atoms with E-state index in [0.717, 1.165) is 38.0 Å². The minimum absolute atomic E-state index is 0.00700. The number of rotatable bonds is 3. The van der Waals surface area contributed by atoms with Crippen LogP contribution in [0.3, 0.4) is 0 Å². The number of halogens is 1. The largest absolute Gasteiger partial charge is 0.363 e. The van der Waals surface area contributed by atoms with Crippen LogP contribution in [0.1, 0.15) is 46.5 Å². The minimum Gasteiger partial charge on any atom is -0.363 e. The van der Waals surface area contributed by atoms with Gasteiger partial charge in [-0.25, -0.2) is 4.39 Å². The number of nitrogens with zero attached hydrogens (tertiary/aromatic N) is 2. The van der Waals surface area contributed by atoms with Gasteiger partial charge in [-0.15, -0.1) is 0 Å². The summed E-state index contributed by atoms with van der Waals surface area (Å²) in [7, 11) is 0. The van der Waals surface area contributed by atoms with Gasteiger partial charge in [0.25, 0.3) is 0 Å². The van der Waals surface area contributed by atoms with Gasteiger partial charge in [-0.1, -0.05) is 13.0 Å². The fourth-order valence-corrected chi connectivity index (χ4v) is 4.51. The van der Waals surface area contributed by atoms with Crippen molar-refractivity contribution in [3.8, 4) is 0 Å². The summed E-state index contributed by atoms with van der Waals surface area (Å²) in [5, 5.41) is 0. The monoisotopic (exact) mass is 318 g/mol. The fraction of sp³-hybridized carbons (Fsp3) is 0.632. The van der Waals surface area contributed by atoms with Crippen LogP contribution < -0.4 is 4.90 Å². The fourth-order valence-electron chi connectivity index (χ4n) is 4.51. The van der Waals surface area contributed by atoms with Crippen LogP contribution in [0.5, 0.6) is 0 Å². The molecule has 0 aliphatic carbocycles. The number of benzene rings is 1. The molecule has 0 aromatic heterocycles. The van der Waals surface area contributed by atoms with Gasteiger partial charge in [0, 0.05) is 36.8 Å². The Morgan fingerprint density at radius 3 is 2.87 bits per heavy atom. The molecule has 1 aromatic carbocycles. The first kappa shape index (κ1) is 16.3. The number of carbonyl (C=O) groups is 1. The van der Waals surface area contributed by atoms with Gasteiger partial charge >= 0.3 is 0 Å². The maximum Gasteiger partial charge on any atom is 0.222 e. The van der Waals surface area contributed by atoms with Crippen LogP contribution in [0.15, 0.2) is 24.3 Å². The quantitative estimate of drug-likeness (QED) is 0.845. The lowest BCUT2D eigenvalue weighted by Crippen LogP contribution is -2.50. The van der Waals surface area contributed by atoms with Crippen molar-refractivity contribution >= 4 is 11.6 Å². The highest BCUT2D eigenvalue weighted by Gasteiger charge is 2.48. The van der Waals surface area contributed by atoms with Crippen LogP contribution in [0.4, 0.5) is 10.1 Å². The molecule has 0 unspecified atom stereocenters. The van der Waals surface area contributed by atoms with Crippen LogP contribution in [0.25, 0.3) is 0 Å². The number of amides is 1.